The van der Waals surface area contributed by atoms with Crippen LogP contribution >= 0.6 is 0 Å². The number of rotatable bonds is 8. The van der Waals surface area contributed by atoms with Crippen LogP contribution < -0.4 is 32.3 Å². The monoisotopic (exact) mass is 554 g/mol. The highest BCUT2D eigenvalue weighted by atomic mass is 16.6. The predicted molar refractivity (Wildman–Crippen MR) is 146 cm³/mol. The third kappa shape index (κ3) is 7.39. The van der Waals surface area contributed by atoms with Crippen LogP contribution in [0.25, 0.3) is 0 Å². The minimum Gasteiger partial charge on any atom is -0.387 e. The van der Waals surface area contributed by atoms with Gasteiger partial charge in [0.05, 0.1) is 25.0 Å². The minimum absolute atomic E-state index is 0.0670. The van der Waals surface area contributed by atoms with Crippen molar-refractivity contribution in [1.29, 1.82) is 0 Å². The van der Waals surface area contributed by atoms with Crippen LogP contribution in [0.2, 0.25) is 0 Å². The molecule has 3 amide bonds. The molecule has 0 aromatic carbocycles. The maximum Gasteiger partial charge on any atom is 0.315 e. The molecule has 3 heterocycles. The number of ether oxygens (including phenoxy) is 1. The van der Waals surface area contributed by atoms with Crippen molar-refractivity contribution < 1.29 is 24.5 Å². The van der Waals surface area contributed by atoms with Gasteiger partial charge in [-0.3, -0.25) is 20.7 Å². The Kier molecular flexibility index (Phi) is 10.1. The molecular weight excluding hydrogens is 504 g/mol. The van der Waals surface area contributed by atoms with E-state index in [9.17, 15) is 19.8 Å². The summed E-state index contributed by atoms with van der Waals surface area (Å²) in [4.78, 5) is 28.3. The summed E-state index contributed by atoms with van der Waals surface area (Å²) in [6, 6.07) is -0.0369. The Balaban J connectivity index is 1.19. The number of nitrogens with one attached hydrogen (secondary N) is 5. The Hall–Kier alpha value is -1.58. The number of carbonyl (C=O) groups excluding carboxylic acids is 2. The zero-order valence-corrected chi connectivity index (χ0v) is 23.9. The van der Waals surface area contributed by atoms with Gasteiger partial charge in [0, 0.05) is 39.3 Å². The number of urea groups is 1. The van der Waals surface area contributed by atoms with Gasteiger partial charge < -0.3 is 36.2 Å². The van der Waals surface area contributed by atoms with E-state index in [-0.39, 0.29) is 42.9 Å². The molecule has 224 valence electrons. The number of nitrogens with two attached hydrogens (primary N) is 1. The SMILES string of the molecule is CC(=O)N(CCCNC(=O)NC1CCC(C(C)(C)C)CC1)CC1OC(N2CNC3C(N)NCNC32)[C@H](O)[C@@H]1O. The highest BCUT2D eigenvalue weighted by molar-refractivity contribution is 5.74. The Bertz CT molecular complexity index is 836. The van der Waals surface area contributed by atoms with Crippen LogP contribution in [0, 0.1) is 11.3 Å². The average Bonchev–Trinajstić information content (AvgIpc) is 3.42. The van der Waals surface area contributed by atoms with E-state index in [1.807, 2.05) is 4.90 Å². The van der Waals surface area contributed by atoms with Crippen LogP contribution in [0.3, 0.4) is 0 Å². The van der Waals surface area contributed by atoms with Crippen molar-refractivity contribution in [3.63, 3.8) is 0 Å². The van der Waals surface area contributed by atoms with Gasteiger partial charge in [-0.25, -0.2) is 9.69 Å². The van der Waals surface area contributed by atoms with E-state index in [1.54, 1.807) is 4.90 Å². The van der Waals surface area contributed by atoms with E-state index < -0.39 is 24.5 Å². The number of nitrogens with zero attached hydrogens (tertiary/aromatic N) is 2. The van der Waals surface area contributed by atoms with Crippen LogP contribution in [0.4, 0.5) is 4.79 Å². The van der Waals surface area contributed by atoms with E-state index in [0.717, 1.165) is 25.7 Å². The Morgan fingerprint density at radius 3 is 2.49 bits per heavy atom. The lowest BCUT2D eigenvalue weighted by Gasteiger charge is -2.38. The zero-order valence-electron chi connectivity index (χ0n) is 23.9. The Morgan fingerprint density at radius 1 is 1.10 bits per heavy atom. The first kappa shape index (κ1) is 30.4. The molecule has 1 saturated carbocycles. The van der Waals surface area contributed by atoms with Gasteiger partial charge in [0.2, 0.25) is 5.91 Å². The normalized spacial score (nSPS) is 37.4. The van der Waals surface area contributed by atoms with Crippen LogP contribution in [0.15, 0.2) is 0 Å². The van der Waals surface area contributed by atoms with Crippen molar-refractivity contribution in [2.45, 2.75) is 109 Å². The molecule has 5 unspecified atom stereocenters. The van der Waals surface area contributed by atoms with Crippen molar-refractivity contribution in [2.24, 2.45) is 17.1 Å². The zero-order chi connectivity index (χ0) is 28.3. The van der Waals surface area contributed by atoms with Crippen molar-refractivity contribution in [3.05, 3.63) is 0 Å². The second-order valence-corrected chi connectivity index (χ2v) is 12.6. The summed E-state index contributed by atoms with van der Waals surface area (Å²) in [5.74, 6) is 0.538. The molecule has 4 rings (SSSR count). The first-order chi connectivity index (χ1) is 18.5. The third-order valence-corrected chi connectivity index (χ3v) is 8.93. The quantitative estimate of drug-likeness (QED) is 0.166. The number of hydrogen-bond donors (Lipinski definition) is 8. The smallest absolute Gasteiger partial charge is 0.315 e. The topological polar surface area (TPSA) is 176 Å². The van der Waals surface area contributed by atoms with Gasteiger partial charge in [-0.05, 0) is 43.4 Å². The molecule has 13 nitrogen and oxygen atoms in total. The number of hydrogen-bond acceptors (Lipinski definition) is 10. The lowest BCUT2D eigenvalue weighted by atomic mass is 9.71. The van der Waals surface area contributed by atoms with Crippen LogP contribution in [-0.4, -0.2) is 114 Å². The van der Waals surface area contributed by atoms with Gasteiger partial charge >= 0.3 is 6.03 Å². The van der Waals surface area contributed by atoms with Gasteiger partial charge in [-0.1, -0.05) is 20.8 Å². The molecule has 9 N–H and O–H groups in total. The molecule has 7 atom stereocenters. The van der Waals surface area contributed by atoms with Gasteiger partial charge in [0.1, 0.15) is 24.5 Å². The molecule has 1 aliphatic carbocycles. The summed E-state index contributed by atoms with van der Waals surface area (Å²) in [7, 11) is 0. The molecule has 0 radical (unpaired) electrons. The average molecular weight is 555 g/mol. The summed E-state index contributed by atoms with van der Waals surface area (Å²) in [6.07, 6.45) is 0.696. The number of aliphatic hydroxyl groups is 2. The van der Waals surface area contributed by atoms with Crippen molar-refractivity contribution in [1.82, 2.24) is 36.4 Å². The number of carbonyl (C=O) groups is 2. The van der Waals surface area contributed by atoms with E-state index in [1.165, 1.54) is 6.92 Å². The molecular formula is C26H50N8O5. The molecule has 3 saturated heterocycles. The first-order valence-electron chi connectivity index (χ1n) is 14.5. The van der Waals surface area contributed by atoms with Crippen molar-refractivity contribution >= 4 is 11.9 Å². The summed E-state index contributed by atoms with van der Waals surface area (Å²) < 4.78 is 6.10. The Labute approximate surface area is 231 Å². The van der Waals surface area contributed by atoms with Crippen LogP contribution in [0.1, 0.15) is 59.8 Å². The fourth-order valence-corrected chi connectivity index (χ4v) is 6.41. The molecule has 4 fully saturated rings. The molecule has 0 spiro atoms. The summed E-state index contributed by atoms with van der Waals surface area (Å²) in [5.41, 5.74) is 6.45. The van der Waals surface area contributed by atoms with Crippen molar-refractivity contribution in [2.75, 3.05) is 33.0 Å². The predicted octanol–water partition coefficient (Wildman–Crippen LogP) is -1.43. The summed E-state index contributed by atoms with van der Waals surface area (Å²) in [5, 5.41) is 37.3. The first-order valence-corrected chi connectivity index (χ1v) is 14.5. The van der Waals surface area contributed by atoms with Gasteiger partial charge in [-0.15, -0.1) is 0 Å². The Morgan fingerprint density at radius 2 is 1.82 bits per heavy atom. The third-order valence-electron chi connectivity index (χ3n) is 8.93. The lowest BCUT2D eigenvalue weighted by molar-refractivity contribution is -0.134. The molecule has 3 aliphatic heterocycles. The van der Waals surface area contributed by atoms with Crippen molar-refractivity contribution in [3.8, 4) is 0 Å². The van der Waals surface area contributed by atoms with E-state index >= 15 is 0 Å². The molecule has 4 aliphatic rings. The van der Waals surface area contributed by atoms with E-state index in [2.05, 4.69) is 47.4 Å². The number of fused-ring (bicyclic) bond motifs is 1. The summed E-state index contributed by atoms with van der Waals surface area (Å²) in [6.45, 7) is 10.3. The minimum atomic E-state index is -1.14. The molecule has 0 bridgehead atoms. The number of aliphatic hydroxyl groups excluding tert-OH is 2. The fraction of sp³-hybridized carbons (Fsp3) is 0.923. The fourth-order valence-electron chi connectivity index (χ4n) is 6.41. The molecule has 0 aromatic rings. The number of amides is 3. The highest BCUT2D eigenvalue weighted by Gasteiger charge is 2.51. The van der Waals surface area contributed by atoms with Gasteiger partial charge in [-0.2, -0.15) is 0 Å². The largest absolute Gasteiger partial charge is 0.387 e. The molecule has 0 aromatic heterocycles. The second-order valence-electron chi connectivity index (χ2n) is 12.6. The van der Waals surface area contributed by atoms with Crippen LogP contribution in [0.5, 0.6) is 0 Å². The highest BCUT2D eigenvalue weighted by Crippen LogP contribution is 2.37. The second kappa shape index (κ2) is 12.9. The van der Waals surface area contributed by atoms with E-state index in [0.29, 0.717) is 44.2 Å². The van der Waals surface area contributed by atoms with Gasteiger partial charge in [0.15, 0.2) is 0 Å². The van der Waals surface area contributed by atoms with E-state index in [4.69, 9.17) is 10.5 Å². The maximum atomic E-state index is 12.4. The van der Waals surface area contributed by atoms with Gasteiger partial charge in [0.25, 0.3) is 0 Å². The maximum absolute atomic E-state index is 12.4. The standard InChI is InChI=1S/C26H50N8O5/c1-15(35)33(11-5-10-28-25(38)32-17-8-6-16(7-9-17)26(2,3)4)12-18-20(36)21(37)24(39-18)34-14-31-19-22(27)29-13-30-23(19)34/h16-24,29-31,36-37H,5-14,27H2,1-4H3,(H2,28,32,38)/t16?,17?,18?,19?,20-,21-,22?,23?,24?/m1/s1. The summed E-state index contributed by atoms with van der Waals surface area (Å²) >= 11 is 0. The lowest BCUT2D eigenvalue weighted by Crippen LogP contribution is -2.68. The molecule has 39 heavy (non-hydrogen) atoms. The molecule has 13 heteroatoms. The van der Waals surface area contributed by atoms with Crippen LogP contribution in [-0.2, 0) is 9.53 Å².